The van der Waals surface area contributed by atoms with E-state index in [9.17, 15) is 4.79 Å². The molecule has 0 bridgehead atoms. The summed E-state index contributed by atoms with van der Waals surface area (Å²) < 4.78 is 7.25. The van der Waals surface area contributed by atoms with Gasteiger partial charge in [-0.25, -0.2) is 5.43 Å². The maximum Gasteiger partial charge on any atom is 0.277 e. The Balaban J connectivity index is 1.88. The van der Waals surface area contributed by atoms with Crippen LogP contribution in [0.5, 0.6) is 5.75 Å². The van der Waals surface area contributed by atoms with Crippen molar-refractivity contribution in [1.82, 2.24) is 15.2 Å². The summed E-state index contributed by atoms with van der Waals surface area (Å²) in [7, 11) is 0. The molecule has 6 nitrogen and oxygen atoms in total. The summed E-state index contributed by atoms with van der Waals surface area (Å²) in [5, 5.41) is 8.89. The molecule has 2 aromatic rings. The molecule has 1 heterocycles. The Morgan fingerprint density at radius 3 is 2.54 bits per heavy atom. The van der Waals surface area contributed by atoms with Crippen LogP contribution in [0.3, 0.4) is 0 Å². The predicted molar refractivity (Wildman–Crippen MR) is 113 cm³/mol. The van der Waals surface area contributed by atoms with E-state index in [0.717, 1.165) is 12.2 Å². The average molecular weight is 405 g/mol. The van der Waals surface area contributed by atoms with Gasteiger partial charge in [-0.1, -0.05) is 58.4 Å². The van der Waals surface area contributed by atoms with Gasteiger partial charge in [0.25, 0.3) is 5.91 Å². The number of ether oxygens (including phenoxy) is 1. The number of halogens is 1. The smallest absolute Gasteiger partial charge is 0.277 e. The van der Waals surface area contributed by atoms with Crippen LogP contribution in [-0.2, 0) is 16.8 Å². The molecule has 1 aromatic carbocycles. The molecule has 1 amide bonds. The highest BCUT2D eigenvalue weighted by Crippen LogP contribution is 2.24. The SMILES string of the molecule is Cc1nn(CC(C)C)c(Cl)c1/C=N\NC(=O)COc1ccc(C(C)(C)C)cc1. The van der Waals surface area contributed by atoms with Crippen LogP contribution in [-0.4, -0.2) is 28.5 Å². The third-order valence-corrected chi connectivity index (χ3v) is 4.52. The molecule has 0 radical (unpaired) electrons. The lowest BCUT2D eigenvalue weighted by Crippen LogP contribution is -2.24. The lowest BCUT2D eigenvalue weighted by Gasteiger charge is -2.19. The standard InChI is InChI=1S/C21H29ClN4O2/c1-14(2)12-26-20(22)18(15(3)25-26)11-23-24-19(27)13-28-17-9-7-16(8-10-17)21(4,5)6/h7-11,14H,12-13H2,1-6H3,(H,24,27)/b23-11-. The average Bonchev–Trinajstić information content (AvgIpc) is 2.86. The first-order valence-corrected chi connectivity index (χ1v) is 9.74. The normalized spacial score (nSPS) is 12.0. The Kier molecular flexibility index (Phi) is 7.24. The molecular weight excluding hydrogens is 376 g/mol. The Hall–Kier alpha value is -2.34. The highest BCUT2D eigenvalue weighted by molar-refractivity contribution is 6.32. The Morgan fingerprint density at radius 1 is 1.32 bits per heavy atom. The van der Waals surface area contributed by atoms with Crippen molar-refractivity contribution >= 4 is 23.7 Å². The monoisotopic (exact) mass is 404 g/mol. The van der Waals surface area contributed by atoms with Gasteiger partial charge in [-0.3, -0.25) is 9.48 Å². The molecule has 0 atom stereocenters. The number of hydrogen-bond donors (Lipinski definition) is 1. The van der Waals surface area contributed by atoms with E-state index in [2.05, 4.69) is 50.2 Å². The van der Waals surface area contributed by atoms with Crippen LogP contribution in [0, 0.1) is 12.8 Å². The number of hydrazone groups is 1. The van der Waals surface area contributed by atoms with Gasteiger partial charge in [0.1, 0.15) is 10.9 Å². The minimum atomic E-state index is -0.348. The van der Waals surface area contributed by atoms with Crippen molar-refractivity contribution in [3.63, 3.8) is 0 Å². The van der Waals surface area contributed by atoms with Gasteiger partial charge in [-0.05, 0) is 36.0 Å². The van der Waals surface area contributed by atoms with Crippen LogP contribution < -0.4 is 10.2 Å². The van der Waals surface area contributed by atoms with Crippen LogP contribution in [0.25, 0.3) is 0 Å². The molecule has 0 spiro atoms. The first-order chi connectivity index (χ1) is 13.1. The van der Waals surface area contributed by atoms with E-state index in [1.165, 1.54) is 11.8 Å². The van der Waals surface area contributed by atoms with E-state index in [1.807, 2.05) is 31.2 Å². The zero-order chi connectivity index (χ0) is 20.9. The molecule has 0 saturated carbocycles. The molecule has 0 aliphatic carbocycles. The molecule has 0 aliphatic rings. The van der Waals surface area contributed by atoms with Crippen LogP contribution >= 0.6 is 11.6 Å². The fourth-order valence-electron chi connectivity index (χ4n) is 2.58. The summed E-state index contributed by atoms with van der Waals surface area (Å²) in [6, 6.07) is 7.74. The highest BCUT2D eigenvalue weighted by Gasteiger charge is 2.14. The Bertz CT molecular complexity index is 833. The third kappa shape index (κ3) is 6.09. The van der Waals surface area contributed by atoms with Crippen LogP contribution in [0.15, 0.2) is 29.4 Å². The molecule has 0 saturated heterocycles. The Labute approximate surface area is 171 Å². The van der Waals surface area contributed by atoms with E-state index in [1.54, 1.807) is 4.68 Å². The van der Waals surface area contributed by atoms with E-state index in [0.29, 0.717) is 22.4 Å². The lowest BCUT2D eigenvalue weighted by atomic mass is 9.87. The number of carbonyl (C=O) groups excluding carboxylic acids is 1. The summed E-state index contributed by atoms with van der Waals surface area (Å²) >= 11 is 6.35. The zero-order valence-electron chi connectivity index (χ0n) is 17.4. The van der Waals surface area contributed by atoms with Gasteiger partial charge < -0.3 is 4.74 Å². The quantitative estimate of drug-likeness (QED) is 0.551. The molecule has 1 N–H and O–H groups in total. The topological polar surface area (TPSA) is 68.5 Å². The zero-order valence-corrected chi connectivity index (χ0v) is 18.2. The summed E-state index contributed by atoms with van der Waals surface area (Å²) in [6.07, 6.45) is 1.51. The highest BCUT2D eigenvalue weighted by atomic mass is 35.5. The molecule has 0 unspecified atom stereocenters. The first-order valence-electron chi connectivity index (χ1n) is 9.36. The van der Waals surface area contributed by atoms with Crippen molar-refractivity contribution < 1.29 is 9.53 Å². The second-order valence-corrected chi connectivity index (χ2v) is 8.58. The van der Waals surface area contributed by atoms with Gasteiger partial charge in [-0.2, -0.15) is 10.2 Å². The van der Waals surface area contributed by atoms with Gasteiger partial charge in [0, 0.05) is 6.54 Å². The van der Waals surface area contributed by atoms with Crippen molar-refractivity contribution in [3.05, 3.63) is 46.2 Å². The van der Waals surface area contributed by atoms with Gasteiger partial charge >= 0.3 is 0 Å². The number of amides is 1. The van der Waals surface area contributed by atoms with Crippen molar-refractivity contribution in [2.24, 2.45) is 11.0 Å². The van der Waals surface area contributed by atoms with E-state index in [4.69, 9.17) is 16.3 Å². The van der Waals surface area contributed by atoms with Crippen molar-refractivity contribution in [3.8, 4) is 5.75 Å². The largest absolute Gasteiger partial charge is 0.484 e. The van der Waals surface area contributed by atoms with Crippen LogP contribution in [0.2, 0.25) is 5.15 Å². The molecule has 1 aromatic heterocycles. The summed E-state index contributed by atoms with van der Waals surface area (Å²) in [5.41, 5.74) is 5.19. The molecule has 0 aliphatic heterocycles. The minimum Gasteiger partial charge on any atom is -0.484 e. The van der Waals surface area contributed by atoms with Gasteiger partial charge in [0.2, 0.25) is 0 Å². The number of benzene rings is 1. The van der Waals surface area contributed by atoms with E-state index in [-0.39, 0.29) is 17.9 Å². The number of nitrogens with one attached hydrogen (secondary N) is 1. The molecule has 0 fully saturated rings. The van der Waals surface area contributed by atoms with E-state index >= 15 is 0 Å². The summed E-state index contributed by atoms with van der Waals surface area (Å²) in [5.74, 6) is 0.719. The summed E-state index contributed by atoms with van der Waals surface area (Å²) in [4.78, 5) is 11.9. The third-order valence-electron chi connectivity index (χ3n) is 4.12. The number of aromatic nitrogens is 2. The molecule has 2 rings (SSSR count). The number of nitrogens with zero attached hydrogens (tertiary/aromatic N) is 3. The maximum absolute atomic E-state index is 11.9. The number of carbonyl (C=O) groups is 1. The molecule has 152 valence electrons. The number of aryl methyl sites for hydroxylation is 1. The van der Waals surface area contributed by atoms with Gasteiger partial charge in [0.15, 0.2) is 6.61 Å². The summed E-state index contributed by atoms with van der Waals surface area (Å²) in [6.45, 7) is 13.1. The van der Waals surface area contributed by atoms with Gasteiger partial charge in [0.05, 0.1) is 17.5 Å². The van der Waals surface area contributed by atoms with Crippen molar-refractivity contribution in [2.75, 3.05) is 6.61 Å². The van der Waals surface area contributed by atoms with Crippen LogP contribution in [0.1, 0.15) is 51.4 Å². The lowest BCUT2D eigenvalue weighted by molar-refractivity contribution is -0.123. The first kappa shape index (κ1) is 22.0. The Morgan fingerprint density at radius 2 is 1.96 bits per heavy atom. The second kappa shape index (κ2) is 9.24. The fraction of sp³-hybridized carbons (Fsp3) is 0.476. The van der Waals surface area contributed by atoms with E-state index < -0.39 is 0 Å². The van der Waals surface area contributed by atoms with Crippen molar-refractivity contribution in [1.29, 1.82) is 0 Å². The number of hydrogen-bond acceptors (Lipinski definition) is 4. The van der Waals surface area contributed by atoms with Gasteiger partial charge in [-0.15, -0.1) is 0 Å². The molecular formula is C21H29ClN4O2. The molecule has 7 heteroatoms. The van der Waals surface area contributed by atoms with Crippen LogP contribution in [0.4, 0.5) is 0 Å². The molecule has 28 heavy (non-hydrogen) atoms. The maximum atomic E-state index is 11.9. The number of rotatable bonds is 7. The second-order valence-electron chi connectivity index (χ2n) is 8.22. The fourth-order valence-corrected chi connectivity index (χ4v) is 2.87. The van der Waals surface area contributed by atoms with Crippen molar-refractivity contribution in [2.45, 2.75) is 53.5 Å². The minimum absolute atomic E-state index is 0.0764. The predicted octanol–water partition coefficient (Wildman–Crippen LogP) is 4.33.